The standard InChI is InChI=1S/C18H21ClN2O2S/c19-17-8-4-5-9-18(17)24(22,23)21-14-12-20(13-15-21)11-10-16-6-2-1-3-7-16/h1-9H,10-15H2. The number of sulfonamides is 1. The predicted molar refractivity (Wildman–Crippen MR) is 96.8 cm³/mol. The molecule has 0 aromatic heterocycles. The highest BCUT2D eigenvalue weighted by Gasteiger charge is 2.29. The molecule has 6 heteroatoms. The van der Waals surface area contributed by atoms with Gasteiger partial charge in [0.05, 0.1) is 5.02 Å². The Labute approximate surface area is 148 Å². The van der Waals surface area contributed by atoms with E-state index in [-0.39, 0.29) is 9.92 Å². The van der Waals surface area contributed by atoms with Crippen LogP contribution in [0.25, 0.3) is 0 Å². The normalized spacial score (nSPS) is 17.0. The third-order valence-corrected chi connectivity index (χ3v) is 6.74. The number of hydrogen-bond acceptors (Lipinski definition) is 3. The minimum absolute atomic E-state index is 0.199. The lowest BCUT2D eigenvalue weighted by Gasteiger charge is -2.34. The Bertz CT molecular complexity index is 773. The molecule has 1 fully saturated rings. The molecule has 0 aliphatic carbocycles. The number of rotatable bonds is 5. The van der Waals surface area contributed by atoms with Crippen molar-refractivity contribution in [1.29, 1.82) is 0 Å². The second-order valence-corrected chi connectivity index (χ2v) is 8.23. The molecule has 0 unspecified atom stereocenters. The van der Waals surface area contributed by atoms with Crippen LogP contribution in [0.2, 0.25) is 5.02 Å². The molecule has 0 amide bonds. The maximum atomic E-state index is 12.7. The minimum atomic E-state index is -3.51. The van der Waals surface area contributed by atoms with E-state index in [1.807, 2.05) is 18.2 Å². The first kappa shape index (κ1) is 17.4. The fraction of sp³-hybridized carbons (Fsp3) is 0.333. The predicted octanol–water partition coefficient (Wildman–Crippen LogP) is 2.89. The van der Waals surface area contributed by atoms with Crippen molar-refractivity contribution in [1.82, 2.24) is 9.21 Å². The molecular weight excluding hydrogens is 344 g/mol. The van der Waals surface area contributed by atoms with Crippen LogP contribution in [0.4, 0.5) is 0 Å². The van der Waals surface area contributed by atoms with Gasteiger partial charge in [-0.3, -0.25) is 0 Å². The van der Waals surface area contributed by atoms with Crippen LogP contribution in [-0.4, -0.2) is 50.3 Å². The highest BCUT2D eigenvalue weighted by atomic mass is 35.5. The quantitative estimate of drug-likeness (QED) is 0.819. The molecule has 0 atom stereocenters. The minimum Gasteiger partial charge on any atom is -0.300 e. The molecule has 24 heavy (non-hydrogen) atoms. The Morgan fingerprint density at radius 3 is 2.17 bits per heavy atom. The van der Waals surface area contributed by atoms with Gasteiger partial charge in [-0.25, -0.2) is 8.42 Å². The van der Waals surface area contributed by atoms with E-state index in [1.165, 1.54) is 9.87 Å². The lowest BCUT2D eigenvalue weighted by molar-refractivity contribution is 0.190. The summed E-state index contributed by atoms with van der Waals surface area (Å²) in [7, 11) is -3.51. The first-order chi connectivity index (χ1) is 11.6. The van der Waals surface area contributed by atoms with Gasteiger partial charge in [0.1, 0.15) is 4.90 Å². The van der Waals surface area contributed by atoms with E-state index < -0.39 is 10.0 Å². The average molecular weight is 365 g/mol. The molecular formula is C18H21ClN2O2S. The van der Waals surface area contributed by atoms with Crippen LogP contribution in [0.3, 0.4) is 0 Å². The zero-order valence-corrected chi connectivity index (χ0v) is 15.0. The summed E-state index contributed by atoms with van der Waals surface area (Å²) in [6.45, 7) is 3.45. The zero-order valence-electron chi connectivity index (χ0n) is 13.4. The van der Waals surface area contributed by atoms with E-state index in [1.54, 1.807) is 24.3 Å². The van der Waals surface area contributed by atoms with Crippen LogP contribution in [-0.2, 0) is 16.4 Å². The van der Waals surface area contributed by atoms with Crippen molar-refractivity contribution in [2.45, 2.75) is 11.3 Å². The topological polar surface area (TPSA) is 40.6 Å². The summed E-state index contributed by atoms with van der Waals surface area (Å²) in [5.41, 5.74) is 1.31. The largest absolute Gasteiger partial charge is 0.300 e. The number of halogens is 1. The van der Waals surface area contributed by atoms with Gasteiger partial charge in [-0.05, 0) is 24.1 Å². The van der Waals surface area contributed by atoms with Gasteiger partial charge in [-0.15, -0.1) is 0 Å². The Balaban J connectivity index is 1.58. The molecule has 0 bridgehead atoms. The summed E-state index contributed by atoms with van der Waals surface area (Å²) in [6.07, 6.45) is 0.984. The Morgan fingerprint density at radius 1 is 0.875 bits per heavy atom. The monoisotopic (exact) mass is 364 g/mol. The molecule has 1 heterocycles. The zero-order chi connectivity index (χ0) is 17.0. The molecule has 1 saturated heterocycles. The Kier molecular flexibility index (Phi) is 5.56. The van der Waals surface area contributed by atoms with Crippen molar-refractivity contribution in [3.8, 4) is 0 Å². The molecule has 0 saturated carbocycles. The van der Waals surface area contributed by atoms with E-state index in [0.29, 0.717) is 13.1 Å². The number of hydrogen-bond donors (Lipinski definition) is 0. The summed E-state index contributed by atoms with van der Waals surface area (Å²) < 4.78 is 27.0. The molecule has 0 radical (unpaired) electrons. The van der Waals surface area contributed by atoms with Crippen LogP contribution in [0, 0.1) is 0 Å². The number of nitrogens with zero attached hydrogens (tertiary/aromatic N) is 2. The molecule has 4 nitrogen and oxygen atoms in total. The first-order valence-corrected chi connectivity index (χ1v) is 9.90. The third kappa shape index (κ3) is 3.98. The molecule has 2 aromatic carbocycles. The molecule has 3 rings (SSSR count). The summed E-state index contributed by atoms with van der Waals surface area (Å²) >= 11 is 6.06. The van der Waals surface area contributed by atoms with Crippen LogP contribution in [0.1, 0.15) is 5.56 Å². The van der Waals surface area contributed by atoms with Crippen molar-refractivity contribution in [3.63, 3.8) is 0 Å². The van der Waals surface area contributed by atoms with E-state index in [9.17, 15) is 8.42 Å². The van der Waals surface area contributed by atoms with Crippen molar-refractivity contribution < 1.29 is 8.42 Å². The van der Waals surface area contributed by atoms with Crippen molar-refractivity contribution in [2.24, 2.45) is 0 Å². The molecule has 0 spiro atoms. The summed E-state index contributed by atoms with van der Waals surface area (Å²) in [6, 6.07) is 17.0. The maximum absolute atomic E-state index is 12.7. The van der Waals surface area contributed by atoms with Gasteiger partial charge in [0.15, 0.2) is 0 Å². The lowest BCUT2D eigenvalue weighted by Crippen LogP contribution is -2.49. The molecule has 0 N–H and O–H groups in total. The number of benzene rings is 2. The van der Waals surface area contributed by atoms with E-state index in [0.717, 1.165) is 26.1 Å². The smallest absolute Gasteiger partial charge is 0.244 e. The number of piperazine rings is 1. The van der Waals surface area contributed by atoms with E-state index in [2.05, 4.69) is 17.0 Å². The lowest BCUT2D eigenvalue weighted by atomic mass is 10.1. The third-order valence-electron chi connectivity index (χ3n) is 4.35. The molecule has 1 aliphatic heterocycles. The van der Waals surface area contributed by atoms with Gasteiger partial charge in [0.25, 0.3) is 0 Å². The summed E-state index contributed by atoms with van der Waals surface area (Å²) in [5.74, 6) is 0. The van der Waals surface area contributed by atoms with E-state index in [4.69, 9.17) is 11.6 Å². The highest BCUT2D eigenvalue weighted by Crippen LogP contribution is 2.25. The van der Waals surface area contributed by atoms with Crippen molar-refractivity contribution in [2.75, 3.05) is 32.7 Å². The second-order valence-electron chi connectivity index (χ2n) is 5.91. The van der Waals surface area contributed by atoms with Gasteiger partial charge >= 0.3 is 0 Å². The van der Waals surface area contributed by atoms with Crippen molar-refractivity contribution in [3.05, 3.63) is 65.2 Å². The van der Waals surface area contributed by atoms with Gasteiger partial charge in [-0.2, -0.15) is 4.31 Å². The Morgan fingerprint density at radius 2 is 1.50 bits per heavy atom. The van der Waals surface area contributed by atoms with Crippen molar-refractivity contribution >= 4 is 21.6 Å². The van der Waals surface area contributed by atoms with Crippen LogP contribution >= 0.6 is 11.6 Å². The molecule has 1 aliphatic rings. The SMILES string of the molecule is O=S(=O)(c1ccccc1Cl)N1CCN(CCc2ccccc2)CC1. The van der Waals surface area contributed by atoms with Gasteiger partial charge in [-0.1, -0.05) is 54.1 Å². The Hall–Kier alpha value is -1.40. The second kappa shape index (κ2) is 7.66. The van der Waals surface area contributed by atoms with Crippen LogP contribution < -0.4 is 0 Å². The average Bonchev–Trinajstić information content (AvgIpc) is 2.61. The summed E-state index contributed by atoms with van der Waals surface area (Å²) in [4.78, 5) is 2.51. The molecule has 2 aromatic rings. The fourth-order valence-corrected chi connectivity index (χ4v) is 4.83. The van der Waals surface area contributed by atoms with Gasteiger partial charge in [0.2, 0.25) is 10.0 Å². The van der Waals surface area contributed by atoms with E-state index >= 15 is 0 Å². The highest BCUT2D eigenvalue weighted by molar-refractivity contribution is 7.89. The molecule has 128 valence electrons. The summed E-state index contributed by atoms with van der Waals surface area (Å²) in [5, 5.41) is 0.281. The van der Waals surface area contributed by atoms with Crippen LogP contribution in [0.15, 0.2) is 59.5 Å². The van der Waals surface area contributed by atoms with Gasteiger partial charge in [0, 0.05) is 32.7 Å². The fourth-order valence-electron chi connectivity index (χ4n) is 2.92. The van der Waals surface area contributed by atoms with Crippen LogP contribution in [0.5, 0.6) is 0 Å². The van der Waals surface area contributed by atoms with Gasteiger partial charge < -0.3 is 4.90 Å². The first-order valence-electron chi connectivity index (χ1n) is 8.08. The maximum Gasteiger partial charge on any atom is 0.244 e.